The highest BCUT2D eigenvalue weighted by Gasteiger charge is 2.26. The predicted octanol–water partition coefficient (Wildman–Crippen LogP) is 0.990. The van der Waals surface area contributed by atoms with E-state index in [1.165, 1.54) is 45.6 Å². The molecule has 2 aliphatic rings. The van der Waals surface area contributed by atoms with Crippen molar-refractivity contribution >= 4 is 6.47 Å². The van der Waals surface area contributed by atoms with E-state index in [1.807, 2.05) is 20.8 Å². The molecule has 2 aliphatic heterocycles. The van der Waals surface area contributed by atoms with Gasteiger partial charge in [0.25, 0.3) is 6.47 Å². The Morgan fingerprint density at radius 2 is 1.80 bits per heavy atom. The van der Waals surface area contributed by atoms with E-state index in [1.54, 1.807) is 0 Å². The molecule has 0 saturated carbocycles. The third-order valence-corrected chi connectivity index (χ3v) is 3.73. The van der Waals surface area contributed by atoms with E-state index in [9.17, 15) is 4.79 Å². The lowest BCUT2D eigenvalue weighted by Gasteiger charge is -2.41. The van der Waals surface area contributed by atoms with Gasteiger partial charge in [-0.25, -0.2) is 0 Å². The Balaban J connectivity index is 0.000000246. The molecule has 2 fully saturated rings. The second kappa shape index (κ2) is 8.60. The molecule has 0 radical (unpaired) electrons. The highest BCUT2D eigenvalue weighted by Crippen LogP contribution is 2.15. The van der Waals surface area contributed by atoms with Crippen molar-refractivity contribution in [2.75, 3.05) is 32.7 Å². The van der Waals surface area contributed by atoms with Gasteiger partial charge < -0.3 is 15.4 Å². The molecular formula is C15H31N3O2. The van der Waals surface area contributed by atoms with Crippen LogP contribution in [0.15, 0.2) is 0 Å². The second-order valence-electron chi connectivity index (χ2n) is 6.60. The summed E-state index contributed by atoms with van der Waals surface area (Å²) < 4.78 is 4.55. The van der Waals surface area contributed by atoms with Gasteiger partial charge in [0, 0.05) is 31.7 Å². The largest absolute Gasteiger partial charge is 0.462 e. The molecule has 0 aromatic rings. The first-order chi connectivity index (χ1) is 9.44. The summed E-state index contributed by atoms with van der Waals surface area (Å²) in [6.45, 7) is 14.3. The van der Waals surface area contributed by atoms with E-state index in [0.717, 1.165) is 12.1 Å². The number of piperazine rings is 1. The summed E-state index contributed by atoms with van der Waals surface area (Å²) in [5, 5.41) is 6.87. The van der Waals surface area contributed by atoms with Crippen LogP contribution in [0.4, 0.5) is 0 Å². The van der Waals surface area contributed by atoms with Crippen molar-refractivity contribution in [3.05, 3.63) is 0 Å². The minimum absolute atomic E-state index is 0.318. The fourth-order valence-corrected chi connectivity index (χ4v) is 2.68. The van der Waals surface area contributed by atoms with Crippen molar-refractivity contribution in [1.29, 1.82) is 0 Å². The summed E-state index contributed by atoms with van der Waals surface area (Å²) >= 11 is 0. The number of nitrogens with one attached hydrogen (secondary N) is 2. The monoisotopic (exact) mass is 285 g/mol. The zero-order valence-corrected chi connectivity index (χ0v) is 13.4. The van der Waals surface area contributed by atoms with Crippen molar-refractivity contribution in [1.82, 2.24) is 15.5 Å². The molecule has 5 heteroatoms. The molecule has 1 unspecified atom stereocenters. The number of hydrogen-bond donors (Lipinski definition) is 2. The average molecular weight is 285 g/mol. The summed E-state index contributed by atoms with van der Waals surface area (Å²) in [6, 6.07) is 1.58. The third kappa shape index (κ3) is 6.68. The van der Waals surface area contributed by atoms with Crippen LogP contribution in [0.2, 0.25) is 0 Å². The molecule has 1 atom stereocenters. The zero-order valence-electron chi connectivity index (χ0n) is 13.4. The van der Waals surface area contributed by atoms with Crippen LogP contribution in [0.25, 0.3) is 0 Å². The number of carbonyl (C=O) groups excluding carboxylic acids is 1. The van der Waals surface area contributed by atoms with Gasteiger partial charge >= 0.3 is 0 Å². The topological polar surface area (TPSA) is 53.6 Å². The van der Waals surface area contributed by atoms with Crippen LogP contribution in [0, 0.1) is 0 Å². The summed E-state index contributed by atoms with van der Waals surface area (Å²) in [5.74, 6) is 0. The maximum Gasteiger partial charge on any atom is 0.293 e. The second-order valence-corrected chi connectivity index (χ2v) is 6.60. The van der Waals surface area contributed by atoms with Gasteiger partial charge in [-0.2, -0.15) is 0 Å². The van der Waals surface area contributed by atoms with Crippen LogP contribution in [-0.4, -0.2) is 61.8 Å². The van der Waals surface area contributed by atoms with E-state index in [2.05, 4.69) is 27.2 Å². The lowest BCUT2D eigenvalue weighted by Crippen LogP contribution is -2.55. The van der Waals surface area contributed by atoms with Crippen molar-refractivity contribution in [2.45, 2.75) is 58.2 Å². The molecule has 2 heterocycles. The number of ether oxygens (including phenoxy) is 1. The van der Waals surface area contributed by atoms with Gasteiger partial charge in [0.2, 0.25) is 0 Å². The van der Waals surface area contributed by atoms with Gasteiger partial charge in [0.1, 0.15) is 5.60 Å². The fourth-order valence-electron chi connectivity index (χ4n) is 2.68. The van der Waals surface area contributed by atoms with Gasteiger partial charge in [-0.3, -0.25) is 9.69 Å². The minimum atomic E-state index is -0.318. The first-order valence-corrected chi connectivity index (χ1v) is 7.72. The highest BCUT2D eigenvalue weighted by atomic mass is 16.5. The van der Waals surface area contributed by atoms with Crippen LogP contribution < -0.4 is 10.6 Å². The van der Waals surface area contributed by atoms with E-state index in [-0.39, 0.29) is 5.60 Å². The van der Waals surface area contributed by atoms with Gasteiger partial charge in [0.05, 0.1) is 0 Å². The van der Waals surface area contributed by atoms with Gasteiger partial charge in [0.15, 0.2) is 0 Å². The Kier molecular flexibility index (Phi) is 7.48. The normalized spacial score (nSPS) is 25.5. The molecule has 0 amide bonds. The molecule has 5 nitrogen and oxygen atoms in total. The van der Waals surface area contributed by atoms with E-state index < -0.39 is 0 Å². The van der Waals surface area contributed by atoms with E-state index in [4.69, 9.17) is 0 Å². The van der Waals surface area contributed by atoms with Crippen molar-refractivity contribution in [3.63, 3.8) is 0 Å². The Morgan fingerprint density at radius 3 is 2.25 bits per heavy atom. The maximum atomic E-state index is 9.60. The van der Waals surface area contributed by atoms with Crippen LogP contribution in [0.1, 0.15) is 40.5 Å². The molecule has 2 N–H and O–H groups in total. The molecular weight excluding hydrogens is 254 g/mol. The Labute approximate surface area is 123 Å². The van der Waals surface area contributed by atoms with Gasteiger partial charge in [-0.1, -0.05) is 0 Å². The number of carbonyl (C=O) groups is 1. The summed E-state index contributed by atoms with van der Waals surface area (Å²) in [5.41, 5.74) is -0.318. The minimum Gasteiger partial charge on any atom is -0.462 e. The number of rotatable bonds is 2. The lowest BCUT2D eigenvalue weighted by molar-refractivity contribution is -0.138. The standard InChI is InChI=1S/C10H21N3.C5H10O2/c1-9-8-12-6-7-13(9)10-2-4-11-5-3-10;1-5(2,3)7-4-6/h9-12H,2-8H2,1H3;4H,1-3H3. The van der Waals surface area contributed by atoms with Gasteiger partial charge in [-0.15, -0.1) is 0 Å². The molecule has 2 rings (SSSR count). The van der Waals surface area contributed by atoms with Gasteiger partial charge in [-0.05, 0) is 53.6 Å². The number of nitrogens with zero attached hydrogens (tertiary/aromatic N) is 1. The van der Waals surface area contributed by atoms with Crippen LogP contribution in [0.5, 0.6) is 0 Å². The Morgan fingerprint density at radius 1 is 1.15 bits per heavy atom. The van der Waals surface area contributed by atoms with E-state index in [0.29, 0.717) is 6.47 Å². The number of piperidine rings is 1. The lowest BCUT2D eigenvalue weighted by atomic mass is 10.0. The predicted molar refractivity (Wildman–Crippen MR) is 81.8 cm³/mol. The first-order valence-electron chi connectivity index (χ1n) is 7.72. The summed E-state index contributed by atoms with van der Waals surface area (Å²) in [6.07, 6.45) is 2.68. The summed E-state index contributed by atoms with van der Waals surface area (Å²) in [4.78, 5) is 12.3. The van der Waals surface area contributed by atoms with Crippen LogP contribution >= 0.6 is 0 Å². The fraction of sp³-hybridized carbons (Fsp3) is 0.933. The van der Waals surface area contributed by atoms with Crippen molar-refractivity contribution in [2.24, 2.45) is 0 Å². The molecule has 0 aliphatic carbocycles. The smallest absolute Gasteiger partial charge is 0.293 e. The maximum absolute atomic E-state index is 9.60. The Hall–Kier alpha value is -0.650. The van der Waals surface area contributed by atoms with E-state index >= 15 is 0 Å². The quantitative estimate of drug-likeness (QED) is 0.741. The molecule has 0 bridgehead atoms. The summed E-state index contributed by atoms with van der Waals surface area (Å²) in [7, 11) is 0. The van der Waals surface area contributed by atoms with Crippen LogP contribution in [0.3, 0.4) is 0 Å². The zero-order chi connectivity index (χ0) is 15.0. The molecule has 0 aromatic heterocycles. The molecule has 0 aromatic carbocycles. The highest BCUT2D eigenvalue weighted by molar-refractivity contribution is 5.37. The molecule has 0 spiro atoms. The molecule has 2 saturated heterocycles. The Bertz CT molecular complexity index is 273. The number of hydrogen-bond acceptors (Lipinski definition) is 5. The molecule has 20 heavy (non-hydrogen) atoms. The SMILES string of the molecule is CC(C)(C)OC=O.CC1CNCCN1C1CCNCC1. The van der Waals surface area contributed by atoms with Crippen molar-refractivity contribution in [3.8, 4) is 0 Å². The third-order valence-electron chi connectivity index (χ3n) is 3.73. The van der Waals surface area contributed by atoms with Crippen molar-refractivity contribution < 1.29 is 9.53 Å². The molecule has 118 valence electrons. The first kappa shape index (κ1) is 17.4. The average Bonchev–Trinajstić information content (AvgIpc) is 2.40. The van der Waals surface area contributed by atoms with Crippen LogP contribution in [-0.2, 0) is 9.53 Å².